The molecule has 5 heteroatoms. The molecule has 0 fully saturated rings. The van der Waals surface area contributed by atoms with Crippen molar-refractivity contribution < 1.29 is 9.47 Å². The van der Waals surface area contributed by atoms with Crippen LogP contribution in [-0.2, 0) is 0 Å². The molecule has 0 spiro atoms. The van der Waals surface area contributed by atoms with Crippen molar-refractivity contribution in [3.63, 3.8) is 0 Å². The maximum atomic E-state index is 8.81. The summed E-state index contributed by atoms with van der Waals surface area (Å²) in [5.41, 5.74) is 0.451. The van der Waals surface area contributed by atoms with Gasteiger partial charge in [0.1, 0.15) is 6.61 Å². The first-order chi connectivity index (χ1) is 8.08. The van der Waals surface area contributed by atoms with Crippen LogP contribution >= 0.6 is 11.6 Å². The van der Waals surface area contributed by atoms with E-state index in [0.717, 1.165) is 6.54 Å². The van der Waals surface area contributed by atoms with Gasteiger partial charge in [-0.25, -0.2) is 0 Å². The van der Waals surface area contributed by atoms with Crippen LogP contribution in [0.5, 0.6) is 11.5 Å². The van der Waals surface area contributed by atoms with Crippen LogP contribution in [-0.4, -0.2) is 39.3 Å². The number of hydrogen-bond acceptors (Lipinski definition) is 4. The predicted octanol–water partition coefficient (Wildman–Crippen LogP) is 2.16. The molecule has 0 aromatic heterocycles. The van der Waals surface area contributed by atoms with E-state index in [2.05, 4.69) is 0 Å². The van der Waals surface area contributed by atoms with Gasteiger partial charge in [0.05, 0.1) is 23.8 Å². The Morgan fingerprint density at radius 2 is 2.12 bits per heavy atom. The third-order valence-electron chi connectivity index (χ3n) is 2.14. The summed E-state index contributed by atoms with van der Waals surface area (Å²) in [6, 6.07) is 5.19. The minimum absolute atomic E-state index is 0.389. The zero-order valence-corrected chi connectivity index (χ0v) is 10.9. The molecule has 0 N–H and O–H groups in total. The van der Waals surface area contributed by atoms with Crippen LogP contribution in [0.25, 0.3) is 0 Å². The van der Waals surface area contributed by atoms with Crippen LogP contribution in [0.1, 0.15) is 5.56 Å². The third kappa shape index (κ3) is 3.81. The Labute approximate surface area is 106 Å². The standard InChI is InChI=1S/C12H15ClN2O2/c1-15(2)4-5-17-12-10(13)6-9(8-14)7-11(12)16-3/h6-7H,4-5H2,1-3H3. The first kappa shape index (κ1) is 13.6. The number of halogens is 1. The Kier molecular flexibility index (Phi) is 5.08. The van der Waals surface area contributed by atoms with Gasteiger partial charge in [0.25, 0.3) is 0 Å². The molecular formula is C12H15ClN2O2. The number of nitriles is 1. The van der Waals surface area contributed by atoms with Gasteiger partial charge in [0, 0.05) is 12.6 Å². The van der Waals surface area contributed by atoms with Gasteiger partial charge in [-0.05, 0) is 20.2 Å². The van der Waals surface area contributed by atoms with Gasteiger partial charge in [-0.3, -0.25) is 0 Å². The number of benzene rings is 1. The molecule has 0 heterocycles. The average molecular weight is 255 g/mol. The van der Waals surface area contributed by atoms with Crippen molar-refractivity contribution in [2.24, 2.45) is 0 Å². The highest BCUT2D eigenvalue weighted by Gasteiger charge is 2.11. The van der Waals surface area contributed by atoms with E-state index in [1.54, 1.807) is 12.1 Å². The number of methoxy groups -OCH3 is 1. The fraction of sp³-hybridized carbons (Fsp3) is 0.417. The van der Waals surface area contributed by atoms with Crippen molar-refractivity contribution in [3.8, 4) is 17.6 Å². The Morgan fingerprint density at radius 1 is 1.41 bits per heavy atom. The van der Waals surface area contributed by atoms with Crippen molar-refractivity contribution in [2.45, 2.75) is 0 Å². The van der Waals surface area contributed by atoms with E-state index in [4.69, 9.17) is 26.3 Å². The molecule has 4 nitrogen and oxygen atoms in total. The number of ether oxygens (including phenoxy) is 2. The average Bonchev–Trinajstić information content (AvgIpc) is 2.30. The lowest BCUT2D eigenvalue weighted by Crippen LogP contribution is -2.19. The summed E-state index contributed by atoms with van der Waals surface area (Å²) < 4.78 is 10.7. The number of hydrogen-bond donors (Lipinski definition) is 0. The number of likely N-dealkylation sites (N-methyl/N-ethyl adjacent to an activating group) is 1. The summed E-state index contributed by atoms with van der Waals surface area (Å²) in [6.07, 6.45) is 0. The van der Waals surface area contributed by atoms with Crippen molar-refractivity contribution in [1.29, 1.82) is 5.26 Å². The van der Waals surface area contributed by atoms with Crippen molar-refractivity contribution in [3.05, 3.63) is 22.7 Å². The van der Waals surface area contributed by atoms with E-state index < -0.39 is 0 Å². The third-order valence-corrected chi connectivity index (χ3v) is 2.42. The maximum absolute atomic E-state index is 8.81. The van der Waals surface area contributed by atoms with Crippen molar-refractivity contribution >= 4 is 11.6 Å². The molecule has 0 aliphatic rings. The minimum atomic E-state index is 0.389. The molecule has 92 valence electrons. The van der Waals surface area contributed by atoms with Crippen LogP contribution in [0.3, 0.4) is 0 Å². The van der Waals surface area contributed by atoms with Crippen LogP contribution in [0.4, 0.5) is 0 Å². The van der Waals surface area contributed by atoms with Gasteiger partial charge in [-0.15, -0.1) is 0 Å². The molecule has 0 bridgehead atoms. The quantitative estimate of drug-likeness (QED) is 0.808. The van der Waals surface area contributed by atoms with Gasteiger partial charge < -0.3 is 14.4 Å². The number of nitrogens with zero attached hydrogens (tertiary/aromatic N) is 2. The normalized spacial score (nSPS) is 10.1. The zero-order chi connectivity index (χ0) is 12.8. The van der Waals surface area contributed by atoms with Gasteiger partial charge in [0.2, 0.25) is 0 Å². The molecule has 0 saturated carbocycles. The lowest BCUT2D eigenvalue weighted by Gasteiger charge is -2.14. The second-order valence-electron chi connectivity index (χ2n) is 3.75. The molecule has 1 aromatic carbocycles. The molecule has 1 rings (SSSR count). The summed E-state index contributed by atoms with van der Waals surface area (Å²) in [7, 11) is 5.44. The fourth-order valence-electron chi connectivity index (χ4n) is 1.25. The summed E-state index contributed by atoms with van der Waals surface area (Å²) in [5, 5.41) is 9.20. The molecule has 1 aromatic rings. The molecular weight excluding hydrogens is 240 g/mol. The molecule has 0 saturated heterocycles. The highest BCUT2D eigenvalue weighted by Crippen LogP contribution is 2.36. The van der Waals surface area contributed by atoms with Crippen molar-refractivity contribution in [2.75, 3.05) is 34.4 Å². The summed E-state index contributed by atoms with van der Waals surface area (Å²) in [5.74, 6) is 0.961. The minimum Gasteiger partial charge on any atom is -0.493 e. The van der Waals surface area contributed by atoms with E-state index in [1.165, 1.54) is 7.11 Å². The van der Waals surface area contributed by atoms with Gasteiger partial charge in [-0.1, -0.05) is 11.6 Å². The van der Waals surface area contributed by atoms with E-state index in [-0.39, 0.29) is 0 Å². The molecule has 0 atom stereocenters. The first-order valence-electron chi connectivity index (χ1n) is 5.13. The lowest BCUT2D eigenvalue weighted by molar-refractivity contribution is 0.251. The van der Waals surface area contributed by atoms with E-state index in [9.17, 15) is 0 Å². The van der Waals surface area contributed by atoms with Crippen LogP contribution < -0.4 is 9.47 Å². The molecule has 17 heavy (non-hydrogen) atoms. The second-order valence-corrected chi connectivity index (χ2v) is 4.16. The molecule has 0 aliphatic heterocycles. The summed E-state index contributed by atoms with van der Waals surface area (Å²) in [6.45, 7) is 1.29. The summed E-state index contributed by atoms with van der Waals surface area (Å²) >= 11 is 6.04. The lowest BCUT2D eigenvalue weighted by atomic mass is 10.2. The predicted molar refractivity (Wildman–Crippen MR) is 66.8 cm³/mol. The largest absolute Gasteiger partial charge is 0.493 e. The molecule has 0 amide bonds. The Hall–Kier alpha value is -1.44. The molecule has 0 unspecified atom stereocenters. The number of rotatable bonds is 5. The fourth-order valence-corrected chi connectivity index (χ4v) is 1.52. The van der Waals surface area contributed by atoms with E-state index in [0.29, 0.717) is 28.7 Å². The van der Waals surface area contributed by atoms with Crippen LogP contribution in [0.15, 0.2) is 12.1 Å². The van der Waals surface area contributed by atoms with Crippen LogP contribution in [0.2, 0.25) is 5.02 Å². The van der Waals surface area contributed by atoms with E-state index >= 15 is 0 Å². The molecule has 0 radical (unpaired) electrons. The monoisotopic (exact) mass is 254 g/mol. The maximum Gasteiger partial charge on any atom is 0.179 e. The first-order valence-corrected chi connectivity index (χ1v) is 5.51. The Bertz CT molecular complexity index is 427. The SMILES string of the molecule is COc1cc(C#N)cc(Cl)c1OCCN(C)C. The molecule has 0 aliphatic carbocycles. The zero-order valence-electron chi connectivity index (χ0n) is 10.2. The van der Waals surface area contributed by atoms with Gasteiger partial charge in [0.15, 0.2) is 11.5 Å². The topological polar surface area (TPSA) is 45.5 Å². The second kappa shape index (κ2) is 6.33. The highest BCUT2D eigenvalue weighted by molar-refractivity contribution is 6.32. The van der Waals surface area contributed by atoms with E-state index in [1.807, 2.05) is 25.1 Å². The van der Waals surface area contributed by atoms with Gasteiger partial charge in [-0.2, -0.15) is 5.26 Å². The smallest absolute Gasteiger partial charge is 0.179 e. The van der Waals surface area contributed by atoms with Gasteiger partial charge >= 0.3 is 0 Å². The Balaban J connectivity index is 2.87. The van der Waals surface area contributed by atoms with Crippen molar-refractivity contribution in [1.82, 2.24) is 4.90 Å². The summed E-state index contributed by atoms with van der Waals surface area (Å²) in [4.78, 5) is 2.00. The van der Waals surface area contributed by atoms with Crippen LogP contribution in [0, 0.1) is 11.3 Å². The highest BCUT2D eigenvalue weighted by atomic mass is 35.5. The Morgan fingerprint density at radius 3 is 2.65 bits per heavy atom.